The standard InChI is InChI=1S/C56H74Cl4N4O14S2/c1-3-63-35-47(45-31-41(57)33-51(59)49(45)37-63)39-9-5-11-43(29-39)79(69,70)28-8-17-74-21-25-77-24-20-73-16-7-13-53(65)54(66)55(67)56(68)61-14-18-75-22-26-78-27-23-76-19-15-62-80(71,72)44-12-6-10-40(30-44)48-36-64(4-2)38-50-46(48)32-42(58)34-52(50)60/h5-6,9-12,29-34,47-48,54-55,62,66-67H,3-4,7-8,13-28,35-38H2,1-2H3,(H,61,68). The van der Waals surface area contributed by atoms with Gasteiger partial charge in [0.15, 0.2) is 21.7 Å². The number of benzene rings is 4. The lowest BCUT2D eigenvalue weighted by atomic mass is 9.84. The molecule has 0 saturated carbocycles. The Morgan fingerprint density at radius 2 is 1.04 bits per heavy atom. The van der Waals surface area contributed by atoms with Crippen molar-refractivity contribution >= 4 is 78.0 Å². The molecule has 442 valence electrons. The van der Waals surface area contributed by atoms with Crippen LogP contribution < -0.4 is 10.0 Å². The van der Waals surface area contributed by atoms with E-state index in [1.54, 1.807) is 48.5 Å². The molecule has 80 heavy (non-hydrogen) atoms. The van der Waals surface area contributed by atoms with Crippen LogP contribution in [-0.4, -0.2) is 185 Å². The van der Waals surface area contributed by atoms with Crippen LogP contribution in [0.1, 0.15) is 78.3 Å². The SMILES string of the molecule is CCN1Cc2c(Cl)cc(Cl)cc2C(c2cccc(S(=O)(=O)CCCOCCOCCOCCCC(=O)C(O)C(O)C(=O)NCCOCCOCCOCCNS(=O)(=O)c3cccc(C4CN(CC)Cc5c(Cl)cc(Cl)cc54)c3)c2)C1. The normalized spacial score (nSPS) is 16.8. The Hall–Kier alpha value is -3.36. The summed E-state index contributed by atoms with van der Waals surface area (Å²) in [5, 5.41) is 25.2. The Kier molecular flexibility index (Phi) is 27.3. The Bertz CT molecular complexity index is 2680. The maximum atomic E-state index is 13.3. The average Bonchev–Trinajstić information content (AvgIpc) is 3.46. The molecule has 4 aromatic carbocycles. The van der Waals surface area contributed by atoms with E-state index < -0.39 is 43.8 Å². The predicted molar refractivity (Wildman–Crippen MR) is 307 cm³/mol. The molecule has 0 spiro atoms. The number of nitrogens with zero attached hydrogens (tertiary/aromatic N) is 2. The molecular formula is C56H74Cl4N4O14S2. The number of hydrogen-bond donors (Lipinski definition) is 4. The predicted octanol–water partition coefficient (Wildman–Crippen LogP) is 6.66. The molecule has 2 heterocycles. The Morgan fingerprint density at radius 3 is 1.55 bits per heavy atom. The number of Topliss-reactive ketones (excluding diaryl/α,β-unsaturated/α-hetero) is 1. The number of nitrogens with one attached hydrogen (secondary N) is 2. The summed E-state index contributed by atoms with van der Waals surface area (Å²) in [6, 6.07) is 21.3. The number of amides is 1. The monoisotopic (exact) mass is 1230 g/mol. The third-order valence-electron chi connectivity index (χ3n) is 13.8. The summed E-state index contributed by atoms with van der Waals surface area (Å²) >= 11 is 25.9. The third-order valence-corrected chi connectivity index (χ3v) is 18.1. The molecular weight excluding hydrogens is 1160 g/mol. The first-order valence-corrected chi connectivity index (χ1v) is 31.5. The lowest BCUT2D eigenvalue weighted by Gasteiger charge is -2.35. The second-order valence-electron chi connectivity index (χ2n) is 19.3. The van der Waals surface area contributed by atoms with E-state index >= 15 is 0 Å². The van der Waals surface area contributed by atoms with Crippen LogP contribution in [0.3, 0.4) is 0 Å². The van der Waals surface area contributed by atoms with Crippen molar-refractivity contribution < 1.29 is 65.1 Å². The Morgan fingerprint density at radius 1 is 0.588 bits per heavy atom. The van der Waals surface area contributed by atoms with Crippen LogP contribution in [0.5, 0.6) is 0 Å². The topological polar surface area (TPSA) is 229 Å². The van der Waals surface area contributed by atoms with E-state index in [0.29, 0.717) is 46.1 Å². The number of sulfonamides is 1. The Labute approximate surface area is 490 Å². The molecule has 2 aliphatic heterocycles. The number of carbonyl (C=O) groups is 2. The quantitative estimate of drug-likeness (QED) is 0.0349. The molecule has 0 radical (unpaired) electrons. The number of ether oxygens (including phenoxy) is 6. The molecule has 0 fully saturated rings. The summed E-state index contributed by atoms with van der Waals surface area (Å²) in [6.07, 6.45) is -3.43. The van der Waals surface area contributed by atoms with Crippen molar-refractivity contribution in [2.75, 3.05) is 124 Å². The van der Waals surface area contributed by atoms with E-state index in [1.165, 1.54) is 0 Å². The zero-order valence-electron chi connectivity index (χ0n) is 45.2. The number of aliphatic hydroxyl groups excluding tert-OH is 2. The van der Waals surface area contributed by atoms with Crippen molar-refractivity contribution in [3.63, 3.8) is 0 Å². The van der Waals surface area contributed by atoms with Crippen LogP contribution in [-0.2, 0) is 71.0 Å². The summed E-state index contributed by atoms with van der Waals surface area (Å²) in [5.74, 6) is -1.89. The highest BCUT2D eigenvalue weighted by molar-refractivity contribution is 7.91. The van der Waals surface area contributed by atoms with Gasteiger partial charge in [-0.1, -0.05) is 84.5 Å². The molecule has 4 aromatic rings. The maximum Gasteiger partial charge on any atom is 0.252 e. The first-order valence-electron chi connectivity index (χ1n) is 26.9. The summed E-state index contributed by atoms with van der Waals surface area (Å²) in [7, 11) is -7.39. The number of halogens is 4. The molecule has 24 heteroatoms. The minimum absolute atomic E-state index is 0.0153. The molecule has 4 atom stereocenters. The van der Waals surface area contributed by atoms with Gasteiger partial charge >= 0.3 is 0 Å². The summed E-state index contributed by atoms with van der Waals surface area (Å²) in [4.78, 5) is 29.7. The van der Waals surface area contributed by atoms with Gasteiger partial charge in [-0.3, -0.25) is 19.4 Å². The number of carbonyl (C=O) groups excluding carboxylic acids is 2. The largest absolute Gasteiger partial charge is 0.382 e. The van der Waals surface area contributed by atoms with Gasteiger partial charge in [-0.2, -0.15) is 0 Å². The molecule has 4 unspecified atom stereocenters. The molecule has 0 aromatic heterocycles. The molecule has 0 bridgehead atoms. The maximum absolute atomic E-state index is 13.3. The van der Waals surface area contributed by atoms with Gasteiger partial charge in [0.1, 0.15) is 6.10 Å². The van der Waals surface area contributed by atoms with Crippen molar-refractivity contribution in [1.82, 2.24) is 19.8 Å². The number of fused-ring (bicyclic) bond motifs is 2. The molecule has 4 N–H and O–H groups in total. The van der Waals surface area contributed by atoms with Gasteiger partial charge in [-0.05, 0) is 108 Å². The van der Waals surface area contributed by atoms with E-state index in [1.807, 2.05) is 24.3 Å². The highest BCUT2D eigenvalue weighted by atomic mass is 35.5. The first-order chi connectivity index (χ1) is 38.4. The van der Waals surface area contributed by atoms with Gasteiger partial charge in [0.25, 0.3) is 5.91 Å². The zero-order valence-corrected chi connectivity index (χ0v) is 49.9. The third kappa shape index (κ3) is 19.9. The lowest BCUT2D eigenvalue weighted by molar-refractivity contribution is -0.145. The van der Waals surface area contributed by atoms with Crippen LogP contribution in [0.2, 0.25) is 20.1 Å². The second kappa shape index (κ2) is 33.2. The minimum atomic E-state index is -3.82. The van der Waals surface area contributed by atoms with Crippen LogP contribution in [0.15, 0.2) is 82.6 Å². The number of likely N-dealkylation sites (N-methyl/N-ethyl adjacent to an activating group) is 2. The lowest BCUT2D eigenvalue weighted by Crippen LogP contribution is -2.46. The summed E-state index contributed by atoms with van der Waals surface area (Å²) < 4.78 is 88.6. The van der Waals surface area contributed by atoms with Crippen LogP contribution in [0.25, 0.3) is 0 Å². The van der Waals surface area contributed by atoms with Crippen molar-refractivity contribution in [1.29, 1.82) is 0 Å². The van der Waals surface area contributed by atoms with E-state index in [9.17, 15) is 36.6 Å². The first kappa shape index (κ1) is 65.8. The molecule has 2 aliphatic rings. The minimum Gasteiger partial charge on any atom is -0.382 e. The van der Waals surface area contributed by atoms with Crippen molar-refractivity contribution in [2.45, 2.75) is 80.0 Å². The zero-order chi connectivity index (χ0) is 57.7. The Balaban J connectivity index is 0.723. The summed E-state index contributed by atoms with van der Waals surface area (Å²) in [5.41, 5.74) is 5.75. The number of ketones is 1. The molecule has 18 nitrogen and oxygen atoms in total. The molecule has 1 amide bonds. The van der Waals surface area contributed by atoms with Gasteiger partial charge in [0.05, 0.1) is 81.6 Å². The van der Waals surface area contributed by atoms with Gasteiger partial charge in [-0.25, -0.2) is 21.6 Å². The highest BCUT2D eigenvalue weighted by Gasteiger charge is 2.32. The highest BCUT2D eigenvalue weighted by Crippen LogP contribution is 2.41. The van der Waals surface area contributed by atoms with Crippen LogP contribution >= 0.6 is 46.4 Å². The van der Waals surface area contributed by atoms with Gasteiger partial charge in [0.2, 0.25) is 10.0 Å². The fourth-order valence-corrected chi connectivity index (χ4v) is 13.0. The van der Waals surface area contributed by atoms with E-state index in [0.717, 1.165) is 53.0 Å². The number of sulfone groups is 1. The van der Waals surface area contributed by atoms with Gasteiger partial charge < -0.3 is 44.0 Å². The number of hydrogen-bond acceptors (Lipinski definition) is 16. The van der Waals surface area contributed by atoms with Gasteiger partial charge in [0, 0.05) is 90.8 Å². The van der Waals surface area contributed by atoms with E-state index in [2.05, 4.69) is 33.7 Å². The smallest absolute Gasteiger partial charge is 0.252 e. The molecule has 6 rings (SSSR count). The van der Waals surface area contributed by atoms with Crippen molar-refractivity contribution in [3.05, 3.63) is 126 Å². The molecule has 0 saturated heterocycles. The summed E-state index contributed by atoms with van der Waals surface area (Å²) in [6.45, 7) is 11.2. The van der Waals surface area contributed by atoms with E-state index in [-0.39, 0.29) is 133 Å². The average molecular weight is 1230 g/mol. The van der Waals surface area contributed by atoms with Crippen molar-refractivity contribution in [2.24, 2.45) is 0 Å². The fourth-order valence-electron chi connectivity index (χ4n) is 9.42. The second-order valence-corrected chi connectivity index (χ2v) is 24.9. The number of aliphatic hydroxyl groups is 2. The van der Waals surface area contributed by atoms with Gasteiger partial charge in [-0.15, -0.1) is 0 Å². The fraction of sp³-hybridized carbons (Fsp3) is 0.536. The van der Waals surface area contributed by atoms with Crippen LogP contribution in [0, 0.1) is 0 Å². The van der Waals surface area contributed by atoms with Crippen molar-refractivity contribution in [3.8, 4) is 0 Å². The van der Waals surface area contributed by atoms with Crippen LogP contribution in [0.4, 0.5) is 0 Å². The van der Waals surface area contributed by atoms with E-state index in [4.69, 9.17) is 74.8 Å². The number of rotatable bonds is 36. The molecule has 0 aliphatic carbocycles.